The van der Waals surface area contributed by atoms with Crippen LogP contribution in [0.3, 0.4) is 0 Å². The first kappa shape index (κ1) is 25.4. The minimum absolute atomic E-state index is 0.0521. The monoisotopic (exact) mass is 469 g/mol. The Kier molecular flexibility index (Phi) is 9.58. The van der Waals surface area contributed by atoms with Gasteiger partial charge in [0.05, 0.1) is 27.9 Å². The van der Waals surface area contributed by atoms with E-state index in [1.165, 1.54) is 26.9 Å². The molecule has 3 rings (SSSR count). The molecule has 0 aromatic heterocycles. The summed E-state index contributed by atoms with van der Waals surface area (Å²) in [5.41, 5.74) is 1.69. The minimum Gasteiger partial charge on any atom is -0.493 e. The highest BCUT2D eigenvalue weighted by atomic mass is 16.5. The molecule has 184 valence electrons. The van der Waals surface area contributed by atoms with E-state index in [0.29, 0.717) is 35.9 Å². The number of carbonyl (C=O) groups excluding carboxylic acids is 2. The quantitative estimate of drug-likeness (QED) is 0.576. The van der Waals surface area contributed by atoms with Crippen LogP contribution in [0, 0.1) is 0 Å². The third-order valence-electron chi connectivity index (χ3n) is 6.05. The second-order valence-corrected chi connectivity index (χ2v) is 8.26. The molecule has 1 aliphatic heterocycles. The Morgan fingerprint density at radius 3 is 2.26 bits per heavy atom. The van der Waals surface area contributed by atoms with Crippen molar-refractivity contribution in [1.82, 2.24) is 15.1 Å². The highest BCUT2D eigenvalue weighted by Gasteiger charge is 2.21. The molecule has 2 aromatic rings. The number of benzene rings is 2. The topological polar surface area (TPSA) is 80.3 Å². The molecule has 0 spiro atoms. The van der Waals surface area contributed by atoms with E-state index in [2.05, 4.69) is 34.5 Å². The average Bonchev–Trinajstić information content (AvgIpc) is 3.12. The molecule has 8 nitrogen and oxygen atoms in total. The zero-order chi connectivity index (χ0) is 24.3. The number of hydrogen-bond acceptors (Lipinski definition) is 6. The third kappa shape index (κ3) is 6.87. The number of rotatable bonds is 10. The molecule has 1 heterocycles. The van der Waals surface area contributed by atoms with Gasteiger partial charge >= 0.3 is 0 Å². The van der Waals surface area contributed by atoms with Crippen LogP contribution in [0.1, 0.15) is 28.8 Å². The molecule has 0 aliphatic carbocycles. The Balaban J connectivity index is 1.47. The van der Waals surface area contributed by atoms with Gasteiger partial charge in [-0.15, -0.1) is 0 Å². The molecule has 1 N–H and O–H groups in total. The number of methoxy groups -OCH3 is 3. The Morgan fingerprint density at radius 1 is 0.912 bits per heavy atom. The molecule has 8 heteroatoms. The molecule has 1 aliphatic rings. The molecule has 2 amide bonds. The summed E-state index contributed by atoms with van der Waals surface area (Å²) < 4.78 is 15.9. The fraction of sp³-hybridized carbons (Fsp3) is 0.462. The summed E-state index contributed by atoms with van der Waals surface area (Å²) in [6.07, 6.45) is 3.09. The summed E-state index contributed by atoms with van der Waals surface area (Å²) in [5.74, 6) is 0.740. The van der Waals surface area contributed by atoms with Crippen molar-refractivity contribution in [3.63, 3.8) is 0 Å². The highest BCUT2D eigenvalue weighted by molar-refractivity contribution is 5.97. The van der Waals surface area contributed by atoms with Crippen LogP contribution in [0.25, 0.3) is 0 Å². The lowest BCUT2D eigenvalue weighted by Gasteiger charge is -2.22. The summed E-state index contributed by atoms with van der Waals surface area (Å²) in [5, 5.41) is 2.72. The highest BCUT2D eigenvalue weighted by Crippen LogP contribution is 2.38. The largest absolute Gasteiger partial charge is 0.493 e. The first-order valence-electron chi connectivity index (χ1n) is 11.7. The molecule has 34 heavy (non-hydrogen) atoms. The smallest absolute Gasteiger partial charge is 0.251 e. The van der Waals surface area contributed by atoms with Crippen LogP contribution in [0.4, 0.5) is 0 Å². The van der Waals surface area contributed by atoms with E-state index in [1.807, 2.05) is 11.0 Å². The van der Waals surface area contributed by atoms with Crippen molar-refractivity contribution < 1.29 is 23.8 Å². The number of carbonyl (C=O) groups is 2. The first-order valence-corrected chi connectivity index (χ1v) is 11.7. The lowest BCUT2D eigenvalue weighted by Crippen LogP contribution is -2.42. The lowest BCUT2D eigenvalue weighted by molar-refractivity contribution is -0.130. The maximum Gasteiger partial charge on any atom is 0.251 e. The van der Waals surface area contributed by atoms with Gasteiger partial charge in [-0.1, -0.05) is 30.3 Å². The van der Waals surface area contributed by atoms with Gasteiger partial charge in [0, 0.05) is 25.2 Å². The molecule has 0 unspecified atom stereocenters. The van der Waals surface area contributed by atoms with Crippen LogP contribution in [0.5, 0.6) is 17.2 Å². The predicted octanol–water partition coefficient (Wildman–Crippen LogP) is 2.61. The number of aryl methyl sites for hydroxylation is 1. The number of ether oxygens (including phenoxy) is 3. The predicted molar refractivity (Wildman–Crippen MR) is 131 cm³/mol. The normalized spacial score (nSPS) is 14.3. The van der Waals surface area contributed by atoms with Crippen molar-refractivity contribution in [2.24, 2.45) is 0 Å². The van der Waals surface area contributed by atoms with Crippen molar-refractivity contribution >= 4 is 11.8 Å². The van der Waals surface area contributed by atoms with Crippen molar-refractivity contribution in [1.29, 1.82) is 0 Å². The van der Waals surface area contributed by atoms with Crippen molar-refractivity contribution in [2.45, 2.75) is 19.3 Å². The van der Waals surface area contributed by atoms with Crippen molar-refractivity contribution in [2.75, 3.05) is 60.6 Å². The Bertz CT molecular complexity index is 926. The first-order chi connectivity index (χ1) is 16.5. The minimum atomic E-state index is -0.370. The number of nitrogens with zero attached hydrogens (tertiary/aromatic N) is 2. The van der Waals surface area contributed by atoms with Gasteiger partial charge in [-0.05, 0) is 50.0 Å². The van der Waals surface area contributed by atoms with Crippen LogP contribution in [0.15, 0.2) is 42.5 Å². The Labute approximate surface area is 201 Å². The molecule has 2 aromatic carbocycles. The lowest BCUT2D eigenvalue weighted by atomic mass is 10.1. The summed E-state index contributed by atoms with van der Waals surface area (Å²) in [6.45, 7) is 4.17. The average molecular weight is 470 g/mol. The van der Waals surface area contributed by atoms with Gasteiger partial charge < -0.3 is 29.3 Å². The molecular formula is C26H35N3O5. The number of nitrogens with one attached hydrogen (secondary N) is 1. The van der Waals surface area contributed by atoms with Gasteiger partial charge in [-0.2, -0.15) is 0 Å². The van der Waals surface area contributed by atoms with Crippen molar-refractivity contribution in [3.8, 4) is 17.2 Å². The summed E-state index contributed by atoms with van der Waals surface area (Å²) >= 11 is 0. The van der Waals surface area contributed by atoms with E-state index in [4.69, 9.17) is 14.2 Å². The Morgan fingerprint density at radius 2 is 1.62 bits per heavy atom. The van der Waals surface area contributed by atoms with E-state index in [0.717, 1.165) is 38.9 Å². The van der Waals surface area contributed by atoms with Gasteiger partial charge in [0.2, 0.25) is 11.7 Å². The standard InChI is InChI=1S/C26H35N3O5/c1-32-22-17-21(18-23(33-2)25(22)34-3)26(31)27-19-24(30)29-14-8-13-28(15-16-29)12-7-11-20-9-5-4-6-10-20/h4-6,9-10,17-18H,7-8,11-16,19H2,1-3H3,(H,27,31). The Hall–Kier alpha value is -3.26. The van der Waals surface area contributed by atoms with E-state index in [1.54, 1.807) is 12.1 Å². The van der Waals surface area contributed by atoms with Gasteiger partial charge in [0.25, 0.3) is 5.91 Å². The fourth-order valence-electron chi connectivity index (χ4n) is 4.18. The molecule has 1 saturated heterocycles. The second-order valence-electron chi connectivity index (χ2n) is 8.26. The summed E-state index contributed by atoms with van der Waals surface area (Å²) in [4.78, 5) is 29.7. The van der Waals surface area contributed by atoms with Crippen LogP contribution >= 0.6 is 0 Å². The molecule has 0 saturated carbocycles. The summed E-state index contributed by atoms with van der Waals surface area (Å²) in [6, 6.07) is 13.7. The van der Waals surface area contributed by atoms with Gasteiger partial charge in [0.15, 0.2) is 11.5 Å². The number of hydrogen-bond donors (Lipinski definition) is 1. The van der Waals surface area contributed by atoms with Gasteiger partial charge in [-0.3, -0.25) is 9.59 Å². The van der Waals surface area contributed by atoms with Gasteiger partial charge in [0.1, 0.15) is 0 Å². The van der Waals surface area contributed by atoms with E-state index in [-0.39, 0.29) is 18.4 Å². The zero-order valence-corrected chi connectivity index (χ0v) is 20.3. The zero-order valence-electron chi connectivity index (χ0n) is 20.3. The van der Waals surface area contributed by atoms with Crippen LogP contribution < -0.4 is 19.5 Å². The van der Waals surface area contributed by atoms with E-state index in [9.17, 15) is 9.59 Å². The molecular weight excluding hydrogens is 434 g/mol. The maximum absolute atomic E-state index is 12.8. The molecule has 0 atom stereocenters. The van der Waals surface area contributed by atoms with Crippen LogP contribution in [0.2, 0.25) is 0 Å². The molecule has 1 fully saturated rings. The summed E-state index contributed by atoms with van der Waals surface area (Å²) in [7, 11) is 4.49. The van der Waals surface area contributed by atoms with E-state index >= 15 is 0 Å². The molecule has 0 bridgehead atoms. The van der Waals surface area contributed by atoms with Crippen molar-refractivity contribution in [3.05, 3.63) is 53.6 Å². The third-order valence-corrected chi connectivity index (χ3v) is 6.05. The molecule has 0 radical (unpaired) electrons. The van der Waals surface area contributed by atoms with Crippen LogP contribution in [-0.4, -0.2) is 82.2 Å². The fourth-order valence-corrected chi connectivity index (χ4v) is 4.18. The maximum atomic E-state index is 12.8. The van der Waals surface area contributed by atoms with Crippen LogP contribution in [-0.2, 0) is 11.2 Å². The number of amides is 2. The van der Waals surface area contributed by atoms with E-state index < -0.39 is 0 Å². The SMILES string of the molecule is COc1cc(C(=O)NCC(=O)N2CCCN(CCCc3ccccc3)CC2)cc(OC)c1OC. The van der Waals surface area contributed by atoms with Gasteiger partial charge in [-0.25, -0.2) is 0 Å². The second kappa shape index (κ2) is 12.8.